The van der Waals surface area contributed by atoms with Crippen molar-refractivity contribution < 1.29 is 9.47 Å². The van der Waals surface area contributed by atoms with Crippen LogP contribution in [0.15, 0.2) is 78.7 Å². The van der Waals surface area contributed by atoms with Crippen molar-refractivity contribution in [1.29, 1.82) is 0 Å². The highest BCUT2D eigenvalue weighted by molar-refractivity contribution is 5.53. The van der Waals surface area contributed by atoms with Crippen LogP contribution in [0.5, 0.6) is 5.75 Å². The topological polar surface area (TPSA) is 24.9 Å². The van der Waals surface area contributed by atoms with Gasteiger partial charge >= 0.3 is 0 Å². The molecule has 2 aliphatic heterocycles. The van der Waals surface area contributed by atoms with Gasteiger partial charge in [0.05, 0.1) is 0 Å². The number of likely N-dealkylation sites (tertiary alicyclic amines) is 1. The van der Waals surface area contributed by atoms with Crippen LogP contribution in [0, 0.1) is 0 Å². The van der Waals surface area contributed by atoms with Gasteiger partial charge in [-0.15, -0.1) is 0 Å². The summed E-state index contributed by atoms with van der Waals surface area (Å²) in [6, 6.07) is 19.3. The van der Waals surface area contributed by atoms with Crippen molar-refractivity contribution in [3.63, 3.8) is 0 Å². The molecule has 4 heteroatoms. The normalized spacial score (nSPS) is 19.3. The van der Waals surface area contributed by atoms with Gasteiger partial charge < -0.3 is 14.4 Å². The Morgan fingerprint density at radius 3 is 2.52 bits per heavy atom. The Morgan fingerprint density at radius 2 is 1.83 bits per heavy atom. The van der Waals surface area contributed by atoms with Crippen LogP contribution in [0.1, 0.15) is 25.3 Å². The van der Waals surface area contributed by atoms with E-state index < -0.39 is 0 Å². The van der Waals surface area contributed by atoms with Gasteiger partial charge in [0.2, 0.25) is 0 Å². The molecule has 0 aromatic heterocycles. The SMILES string of the molecule is C[C@H]1CCCN1CCOc1ccc(N2C=CC(OCc3ccccc3)=CC2)cc1. The predicted molar refractivity (Wildman–Crippen MR) is 118 cm³/mol. The van der Waals surface area contributed by atoms with Gasteiger partial charge in [-0.05, 0) is 68.3 Å². The van der Waals surface area contributed by atoms with E-state index in [2.05, 4.69) is 65.4 Å². The van der Waals surface area contributed by atoms with Crippen LogP contribution < -0.4 is 9.64 Å². The van der Waals surface area contributed by atoms with Crippen LogP contribution in [-0.2, 0) is 11.3 Å². The number of ether oxygens (including phenoxy) is 2. The van der Waals surface area contributed by atoms with Crippen LogP contribution >= 0.6 is 0 Å². The second-order valence-electron chi connectivity index (χ2n) is 7.72. The Bertz CT molecular complexity index is 830. The van der Waals surface area contributed by atoms with Crippen molar-refractivity contribution in [1.82, 2.24) is 4.90 Å². The van der Waals surface area contributed by atoms with Gasteiger partial charge in [0.15, 0.2) is 0 Å². The van der Waals surface area contributed by atoms with Crippen molar-refractivity contribution in [2.24, 2.45) is 0 Å². The van der Waals surface area contributed by atoms with E-state index in [0.29, 0.717) is 12.6 Å². The minimum atomic E-state index is 0.596. The second-order valence-corrected chi connectivity index (χ2v) is 7.72. The van der Waals surface area contributed by atoms with E-state index in [0.717, 1.165) is 36.9 Å². The Hall–Kier alpha value is -2.72. The van der Waals surface area contributed by atoms with Gasteiger partial charge in [-0.2, -0.15) is 0 Å². The summed E-state index contributed by atoms with van der Waals surface area (Å²) in [6.45, 7) is 6.66. The number of rotatable bonds is 8. The minimum absolute atomic E-state index is 0.596. The summed E-state index contributed by atoms with van der Waals surface area (Å²) in [5.41, 5.74) is 2.33. The van der Waals surface area contributed by atoms with Gasteiger partial charge in [-0.3, -0.25) is 4.90 Å². The zero-order chi connectivity index (χ0) is 19.9. The standard InChI is InChI=1S/C25H30N2O2/c1-21-6-5-15-26(21)18-19-28-24-11-9-23(10-12-24)27-16-13-25(14-17-27)29-20-22-7-3-2-4-8-22/h2-4,7-14,16,21H,5-6,15,17-20H2,1H3/t21-/m0/s1. The molecule has 0 unspecified atom stereocenters. The Morgan fingerprint density at radius 1 is 1.00 bits per heavy atom. The molecule has 1 saturated heterocycles. The van der Waals surface area contributed by atoms with Gasteiger partial charge in [0.25, 0.3) is 0 Å². The average Bonchev–Trinajstić information content (AvgIpc) is 3.19. The van der Waals surface area contributed by atoms with Crippen molar-refractivity contribution in [3.05, 3.63) is 84.3 Å². The molecular formula is C25H30N2O2. The third kappa shape index (κ3) is 5.42. The zero-order valence-corrected chi connectivity index (χ0v) is 17.2. The fourth-order valence-corrected chi connectivity index (χ4v) is 3.86. The molecule has 4 nitrogen and oxygen atoms in total. The number of hydrogen-bond donors (Lipinski definition) is 0. The van der Waals surface area contributed by atoms with Crippen LogP contribution in [-0.4, -0.2) is 37.2 Å². The quantitative estimate of drug-likeness (QED) is 0.634. The van der Waals surface area contributed by atoms with Crippen molar-refractivity contribution >= 4 is 5.69 Å². The summed E-state index contributed by atoms with van der Waals surface area (Å²) >= 11 is 0. The molecule has 0 amide bonds. The first-order valence-corrected chi connectivity index (χ1v) is 10.6. The maximum absolute atomic E-state index is 5.94. The Labute approximate surface area is 174 Å². The lowest BCUT2D eigenvalue weighted by atomic mass is 10.2. The highest BCUT2D eigenvalue weighted by Crippen LogP contribution is 2.23. The summed E-state index contributed by atoms with van der Waals surface area (Å²) in [4.78, 5) is 4.71. The summed E-state index contributed by atoms with van der Waals surface area (Å²) < 4.78 is 11.8. The molecule has 0 N–H and O–H groups in total. The van der Waals surface area contributed by atoms with Crippen molar-refractivity contribution in [3.8, 4) is 5.75 Å². The van der Waals surface area contributed by atoms with E-state index in [9.17, 15) is 0 Å². The smallest absolute Gasteiger partial charge is 0.119 e. The largest absolute Gasteiger partial charge is 0.492 e. The maximum atomic E-state index is 5.94. The molecule has 1 fully saturated rings. The number of allylic oxidation sites excluding steroid dienone is 1. The lowest BCUT2D eigenvalue weighted by molar-refractivity contribution is 0.204. The molecule has 4 rings (SSSR count). The molecule has 29 heavy (non-hydrogen) atoms. The molecule has 2 aliphatic rings. The summed E-state index contributed by atoms with van der Waals surface area (Å²) in [6.07, 6.45) is 8.84. The molecule has 2 heterocycles. The predicted octanol–water partition coefficient (Wildman–Crippen LogP) is 4.98. The van der Waals surface area contributed by atoms with Gasteiger partial charge in [-0.1, -0.05) is 30.3 Å². The first-order valence-electron chi connectivity index (χ1n) is 10.6. The van der Waals surface area contributed by atoms with E-state index in [1.807, 2.05) is 24.3 Å². The van der Waals surface area contributed by atoms with E-state index >= 15 is 0 Å². The third-order valence-electron chi connectivity index (χ3n) is 5.66. The van der Waals surface area contributed by atoms with Crippen LogP contribution in [0.4, 0.5) is 5.69 Å². The number of hydrogen-bond acceptors (Lipinski definition) is 4. The van der Waals surface area contributed by atoms with Gasteiger partial charge in [0, 0.05) is 31.0 Å². The van der Waals surface area contributed by atoms with E-state index in [-0.39, 0.29) is 0 Å². The molecule has 2 aromatic carbocycles. The van der Waals surface area contributed by atoms with Gasteiger partial charge in [0.1, 0.15) is 24.7 Å². The highest BCUT2D eigenvalue weighted by Gasteiger charge is 2.19. The first-order chi connectivity index (χ1) is 14.3. The third-order valence-corrected chi connectivity index (χ3v) is 5.66. The molecule has 0 aliphatic carbocycles. The van der Waals surface area contributed by atoms with E-state index in [1.54, 1.807) is 0 Å². The second kappa shape index (κ2) is 9.66. The van der Waals surface area contributed by atoms with Crippen LogP contribution in [0.25, 0.3) is 0 Å². The highest BCUT2D eigenvalue weighted by atomic mass is 16.5. The van der Waals surface area contributed by atoms with E-state index in [4.69, 9.17) is 9.47 Å². The van der Waals surface area contributed by atoms with Crippen LogP contribution in [0.2, 0.25) is 0 Å². The number of anilines is 1. The lowest BCUT2D eigenvalue weighted by Crippen LogP contribution is -2.31. The average molecular weight is 391 g/mol. The fourth-order valence-electron chi connectivity index (χ4n) is 3.86. The number of benzene rings is 2. The number of nitrogens with zero attached hydrogens (tertiary/aromatic N) is 2. The molecule has 0 radical (unpaired) electrons. The van der Waals surface area contributed by atoms with Crippen molar-refractivity contribution in [2.45, 2.75) is 32.4 Å². The Kier molecular flexibility index (Phi) is 6.52. The summed E-state index contributed by atoms with van der Waals surface area (Å²) in [5.74, 6) is 1.85. The summed E-state index contributed by atoms with van der Waals surface area (Å²) in [5, 5.41) is 0. The molecule has 0 bridgehead atoms. The minimum Gasteiger partial charge on any atom is -0.492 e. The first kappa shape index (κ1) is 19.6. The molecule has 2 aromatic rings. The molecule has 0 spiro atoms. The molecular weight excluding hydrogens is 360 g/mol. The van der Waals surface area contributed by atoms with E-state index in [1.165, 1.54) is 24.9 Å². The molecule has 152 valence electrons. The lowest BCUT2D eigenvalue weighted by Gasteiger charge is -2.23. The monoisotopic (exact) mass is 390 g/mol. The maximum Gasteiger partial charge on any atom is 0.119 e. The summed E-state index contributed by atoms with van der Waals surface area (Å²) in [7, 11) is 0. The van der Waals surface area contributed by atoms with Gasteiger partial charge in [-0.25, -0.2) is 0 Å². The zero-order valence-electron chi connectivity index (χ0n) is 17.2. The fraction of sp³-hybridized carbons (Fsp3) is 0.360. The molecule has 0 saturated carbocycles. The van der Waals surface area contributed by atoms with Crippen molar-refractivity contribution in [2.75, 3.05) is 31.1 Å². The Balaban J connectivity index is 1.22. The van der Waals surface area contributed by atoms with Crippen LogP contribution in [0.3, 0.4) is 0 Å². The molecule has 1 atom stereocenters.